The quantitative estimate of drug-likeness (QED) is 0.275. The number of hydrogen-bond donors (Lipinski definition) is 2. The van der Waals surface area contributed by atoms with Crippen molar-refractivity contribution in [1.82, 2.24) is 20.0 Å². The van der Waals surface area contributed by atoms with E-state index in [1.54, 1.807) is 11.9 Å². The number of carbonyl (C=O) groups is 5. The van der Waals surface area contributed by atoms with Crippen LogP contribution in [0.4, 0.5) is 4.79 Å². The maximum Gasteiger partial charge on any atom is 0.407 e. The number of piperidine rings is 1. The zero-order chi connectivity index (χ0) is 36.7. The average Bonchev–Trinajstić information content (AvgIpc) is 3.48. The number of carboxylic acids is 1. The van der Waals surface area contributed by atoms with Crippen LogP contribution in [0.5, 0.6) is 0 Å². The number of rotatable bonds is 13. The fourth-order valence-electron chi connectivity index (χ4n) is 8.18. The Kier molecular flexibility index (Phi) is 12.8. The Labute approximate surface area is 301 Å². The van der Waals surface area contributed by atoms with Crippen molar-refractivity contribution in [2.45, 2.75) is 102 Å². The maximum atomic E-state index is 14.5. The second-order valence-electron chi connectivity index (χ2n) is 14.6. The molecule has 2 aliphatic carbocycles. The topological polar surface area (TPSA) is 137 Å². The number of nitrogens with one attached hydrogen (secondary N) is 1. The summed E-state index contributed by atoms with van der Waals surface area (Å²) in [5.74, 6) is -3.03. The molecule has 0 spiro atoms. The van der Waals surface area contributed by atoms with Crippen LogP contribution in [0, 0.1) is 11.8 Å². The first-order valence-electron chi connectivity index (χ1n) is 18.7. The SMILES string of the molecule is CC[C@H](C)[C@H](NC(=O)OCC1c2ccccc2-c2ccccc21)C(=O)N(C)[C@H](C(=O)N(C)[C@@H](CC(=O)O)C(=O)N1CCCCC1)C1CCCCC1. The number of carbonyl (C=O) groups excluding carboxylic acids is 4. The molecule has 11 nitrogen and oxygen atoms in total. The van der Waals surface area contributed by atoms with E-state index in [-0.39, 0.29) is 30.3 Å². The van der Waals surface area contributed by atoms with Gasteiger partial charge in [-0.1, -0.05) is 88.1 Å². The molecule has 1 saturated heterocycles. The van der Waals surface area contributed by atoms with Gasteiger partial charge in [0.2, 0.25) is 17.7 Å². The van der Waals surface area contributed by atoms with Crippen LogP contribution in [0.3, 0.4) is 0 Å². The molecule has 0 bridgehead atoms. The van der Waals surface area contributed by atoms with E-state index in [9.17, 15) is 29.1 Å². The van der Waals surface area contributed by atoms with E-state index in [0.717, 1.165) is 73.6 Å². The van der Waals surface area contributed by atoms with Gasteiger partial charge in [-0.2, -0.15) is 0 Å². The lowest BCUT2D eigenvalue weighted by Gasteiger charge is -2.41. The number of fused-ring (bicyclic) bond motifs is 3. The number of amides is 4. The summed E-state index contributed by atoms with van der Waals surface area (Å²) in [5, 5.41) is 12.6. The van der Waals surface area contributed by atoms with E-state index in [2.05, 4.69) is 17.4 Å². The van der Waals surface area contributed by atoms with Gasteiger partial charge >= 0.3 is 12.1 Å². The monoisotopic (exact) mass is 702 g/mol. The molecule has 11 heteroatoms. The Bertz CT molecular complexity index is 1520. The highest BCUT2D eigenvalue weighted by atomic mass is 16.5. The molecule has 1 aliphatic heterocycles. The van der Waals surface area contributed by atoms with Gasteiger partial charge in [0, 0.05) is 33.1 Å². The van der Waals surface area contributed by atoms with E-state index in [4.69, 9.17) is 4.74 Å². The van der Waals surface area contributed by atoms with E-state index in [1.807, 2.05) is 50.2 Å². The Morgan fingerprint density at radius 3 is 1.98 bits per heavy atom. The fourth-order valence-corrected chi connectivity index (χ4v) is 8.18. The third kappa shape index (κ3) is 8.56. The second-order valence-corrected chi connectivity index (χ2v) is 14.6. The first-order chi connectivity index (χ1) is 24.5. The predicted molar refractivity (Wildman–Crippen MR) is 194 cm³/mol. The fraction of sp³-hybridized carbons (Fsp3) is 0.575. The summed E-state index contributed by atoms with van der Waals surface area (Å²) in [6.45, 7) is 4.97. The number of nitrogens with zero attached hydrogens (tertiary/aromatic N) is 3. The van der Waals surface area contributed by atoms with Crippen molar-refractivity contribution < 1.29 is 33.8 Å². The maximum absolute atomic E-state index is 14.5. The van der Waals surface area contributed by atoms with Crippen LogP contribution in [-0.2, 0) is 23.9 Å². The molecule has 4 atom stereocenters. The summed E-state index contributed by atoms with van der Waals surface area (Å²) in [4.78, 5) is 72.3. The molecule has 276 valence electrons. The van der Waals surface area contributed by atoms with Crippen LogP contribution in [0.1, 0.15) is 95.1 Å². The zero-order valence-corrected chi connectivity index (χ0v) is 30.5. The molecule has 3 aliphatic rings. The Morgan fingerprint density at radius 1 is 0.843 bits per heavy atom. The summed E-state index contributed by atoms with van der Waals surface area (Å²) in [6, 6.07) is 13.1. The molecule has 5 rings (SSSR count). The molecule has 2 fully saturated rings. The Hall–Kier alpha value is -4.41. The highest BCUT2D eigenvalue weighted by Crippen LogP contribution is 2.44. The van der Waals surface area contributed by atoms with Gasteiger partial charge in [-0.15, -0.1) is 0 Å². The molecule has 51 heavy (non-hydrogen) atoms. The first-order valence-corrected chi connectivity index (χ1v) is 18.7. The number of alkyl carbamates (subject to hydrolysis) is 1. The highest BCUT2D eigenvalue weighted by molar-refractivity contribution is 5.95. The minimum Gasteiger partial charge on any atom is -0.481 e. The molecule has 1 saturated carbocycles. The van der Waals surface area contributed by atoms with E-state index in [1.165, 1.54) is 16.8 Å². The molecular weight excluding hydrogens is 648 g/mol. The van der Waals surface area contributed by atoms with Gasteiger partial charge in [0.15, 0.2) is 0 Å². The Morgan fingerprint density at radius 2 is 1.41 bits per heavy atom. The number of ether oxygens (including phenoxy) is 1. The highest BCUT2D eigenvalue weighted by Gasteiger charge is 2.43. The van der Waals surface area contributed by atoms with Crippen LogP contribution in [0.25, 0.3) is 11.1 Å². The lowest BCUT2D eigenvalue weighted by Crippen LogP contribution is -2.61. The molecular formula is C40H54N4O7. The Balaban J connectivity index is 1.34. The van der Waals surface area contributed by atoms with Gasteiger partial charge in [-0.05, 0) is 66.2 Å². The molecule has 0 unspecified atom stereocenters. The third-order valence-corrected chi connectivity index (χ3v) is 11.3. The van der Waals surface area contributed by atoms with Crippen molar-refractivity contribution in [3.05, 3.63) is 59.7 Å². The molecule has 0 aromatic heterocycles. The van der Waals surface area contributed by atoms with Crippen LogP contribution in [0.15, 0.2) is 48.5 Å². The minimum absolute atomic E-state index is 0.0983. The molecule has 1 heterocycles. The van der Waals surface area contributed by atoms with Crippen molar-refractivity contribution in [1.29, 1.82) is 0 Å². The summed E-state index contributed by atoms with van der Waals surface area (Å²) in [7, 11) is 3.06. The number of hydrogen-bond acceptors (Lipinski definition) is 6. The summed E-state index contributed by atoms with van der Waals surface area (Å²) >= 11 is 0. The van der Waals surface area contributed by atoms with E-state index >= 15 is 0 Å². The van der Waals surface area contributed by atoms with Gasteiger partial charge in [-0.3, -0.25) is 19.2 Å². The van der Waals surface area contributed by atoms with Gasteiger partial charge in [0.1, 0.15) is 24.7 Å². The largest absolute Gasteiger partial charge is 0.481 e. The lowest BCUT2D eigenvalue weighted by atomic mass is 9.82. The number of aliphatic carboxylic acids is 1. The van der Waals surface area contributed by atoms with E-state index < -0.39 is 48.4 Å². The van der Waals surface area contributed by atoms with Crippen molar-refractivity contribution in [2.24, 2.45) is 11.8 Å². The van der Waals surface area contributed by atoms with Gasteiger partial charge < -0.3 is 29.9 Å². The molecule has 4 amide bonds. The van der Waals surface area contributed by atoms with Crippen LogP contribution < -0.4 is 5.32 Å². The predicted octanol–water partition coefficient (Wildman–Crippen LogP) is 5.66. The molecule has 2 aromatic rings. The second kappa shape index (κ2) is 17.2. The zero-order valence-electron chi connectivity index (χ0n) is 30.5. The number of likely N-dealkylation sites (tertiary alicyclic amines) is 1. The van der Waals surface area contributed by atoms with Crippen LogP contribution >= 0.6 is 0 Å². The van der Waals surface area contributed by atoms with E-state index in [0.29, 0.717) is 19.5 Å². The number of likely N-dealkylation sites (N-methyl/N-ethyl adjacent to an activating group) is 2. The first kappa shape index (κ1) is 37.8. The standard InChI is InChI=1S/C40H54N4O7/c1-5-26(2)35(41-40(50)51-25-32-30-20-12-10-18-28(30)29-19-11-13-21-31(29)32)38(48)43(4)36(27-16-8-6-9-17-27)39(49)42(3)33(24-34(45)46)37(47)44-22-14-7-15-23-44/h10-13,18-21,26-27,32-33,35-36H,5-9,14-17,22-25H2,1-4H3,(H,41,50)(H,45,46)/t26-,33-,35-,36-/m0/s1. The van der Waals surface area contributed by atoms with Gasteiger partial charge in [0.25, 0.3) is 0 Å². The lowest BCUT2D eigenvalue weighted by molar-refractivity contribution is -0.156. The average molecular weight is 703 g/mol. The van der Waals surface area contributed by atoms with Crippen LogP contribution in [-0.4, -0.2) is 102 Å². The number of benzene rings is 2. The van der Waals surface area contributed by atoms with Crippen molar-refractivity contribution >= 4 is 29.8 Å². The van der Waals surface area contributed by atoms with Gasteiger partial charge in [0.05, 0.1) is 6.42 Å². The van der Waals surface area contributed by atoms with Crippen LogP contribution in [0.2, 0.25) is 0 Å². The smallest absolute Gasteiger partial charge is 0.407 e. The summed E-state index contributed by atoms with van der Waals surface area (Å²) < 4.78 is 5.82. The summed E-state index contributed by atoms with van der Waals surface area (Å²) in [5.41, 5.74) is 4.39. The number of carboxylic acid groups (broad SMARTS) is 1. The summed E-state index contributed by atoms with van der Waals surface area (Å²) in [6.07, 6.45) is 6.29. The minimum atomic E-state index is -1.19. The van der Waals surface area contributed by atoms with Crippen molar-refractivity contribution in [2.75, 3.05) is 33.8 Å². The molecule has 2 aromatic carbocycles. The molecule has 0 radical (unpaired) electrons. The molecule has 2 N–H and O–H groups in total. The third-order valence-electron chi connectivity index (χ3n) is 11.3. The van der Waals surface area contributed by atoms with Crippen molar-refractivity contribution in [3.8, 4) is 11.1 Å². The normalized spacial score (nSPS) is 18.4. The van der Waals surface area contributed by atoms with Crippen molar-refractivity contribution in [3.63, 3.8) is 0 Å². The van der Waals surface area contributed by atoms with Gasteiger partial charge in [-0.25, -0.2) is 4.79 Å².